The number of likely N-dealkylation sites (tertiary alicyclic amines) is 1. The summed E-state index contributed by atoms with van der Waals surface area (Å²) in [7, 11) is 1.49. The molecule has 1 saturated heterocycles. The van der Waals surface area contributed by atoms with Crippen LogP contribution in [0.5, 0.6) is 11.5 Å². The number of carbonyl (C=O) groups is 1. The minimum absolute atomic E-state index is 0.00422. The molecule has 1 unspecified atom stereocenters. The van der Waals surface area contributed by atoms with Gasteiger partial charge in [0.1, 0.15) is 0 Å². The summed E-state index contributed by atoms with van der Waals surface area (Å²) in [4.78, 5) is 14.2. The van der Waals surface area contributed by atoms with Crippen molar-refractivity contribution >= 4 is 21.8 Å². The summed E-state index contributed by atoms with van der Waals surface area (Å²) >= 11 is 3.44. The number of phenols is 1. The van der Waals surface area contributed by atoms with E-state index in [9.17, 15) is 9.90 Å². The third kappa shape index (κ3) is 3.21. The monoisotopic (exact) mass is 327 g/mol. The van der Waals surface area contributed by atoms with E-state index >= 15 is 0 Å². The van der Waals surface area contributed by atoms with Gasteiger partial charge < -0.3 is 14.7 Å². The highest BCUT2D eigenvalue weighted by Gasteiger charge is 2.26. The van der Waals surface area contributed by atoms with Gasteiger partial charge in [-0.3, -0.25) is 4.79 Å². The molecule has 0 saturated carbocycles. The highest BCUT2D eigenvalue weighted by atomic mass is 79.9. The first-order valence-electron chi connectivity index (χ1n) is 6.38. The fourth-order valence-electron chi connectivity index (χ4n) is 2.41. The standard InChI is InChI=1S/C14H18BrNO3/c1-19-13-3-2-11(8-12(13)17)14(18)16-7-5-10(9-16)4-6-15/h2-3,8,10,17H,4-7,9H2,1H3. The van der Waals surface area contributed by atoms with Crippen LogP contribution in [0.4, 0.5) is 0 Å². The Labute approximate surface area is 121 Å². The maximum Gasteiger partial charge on any atom is 0.254 e. The molecule has 2 rings (SSSR count). The van der Waals surface area contributed by atoms with Crippen LogP contribution < -0.4 is 4.74 Å². The van der Waals surface area contributed by atoms with Crippen molar-refractivity contribution in [3.05, 3.63) is 23.8 Å². The Balaban J connectivity index is 2.06. The van der Waals surface area contributed by atoms with Gasteiger partial charge in [0.2, 0.25) is 0 Å². The number of carbonyl (C=O) groups excluding carboxylic acids is 1. The third-order valence-corrected chi connectivity index (χ3v) is 3.97. The van der Waals surface area contributed by atoms with Gasteiger partial charge in [0, 0.05) is 24.0 Å². The molecule has 0 aliphatic carbocycles. The van der Waals surface area contributed by atoms with Crippen LogP contribution in [0, 0.1) is 5.92 Å². The zero-order valence-corrected chi connectivity index (χ0v) is 12.5. The Kier molecular flexibility index (Phi) is 4.69. The van der Waals surface area contributed by atoms with Crippen LogP contribution in [0.2, 0.25) is 0 Å². The summed E-state index contributed by atoms with van der Waals surface area (Å²) in [5, 5.41) is 10.7. The lowest BCUT2D eigenvalue weighted by Gasteiger charge is -2.17. The maximum atomic E-state index is 12.3. The van der Waals surface area contributed by atoms with Gasteiger partial charge in [-0.05, 0) is 37.0 Å². The van der Waals surface area contributed by atoms with Gasteiger partial charge in [-0.15, -0.1) is 0 Å². The highest BCUT2D eigenvalue weighted by molar-refractivity contribution is 9.09. The number of amides is 1. The Bertz CT molecular complexity index is 464. The first kappa shape index (κ1) is 14.2. The van der Waals surface area contributed by atoms with Crippen molar-refractivity contribution in [1.29, 1.82) is 0 Å². The number of hydrogen-bond donors (Lipinski definition) is 1. The predicted octanol–water partition coefficient (Wildman–Crippen LogP) is 2.65. The maximum absolute atomic E-state index is 12.3. The van der Waals surface area contributed by atoms with Crippen LogP contribution in [0.1, 0.15) is 23.2 Å². The summed E-state index contributed by atoms with van der Waals surface area (Å²) in [5.74, 6) is 0.949. The van der Waals surface area contributed by atoms with Crippen molar-refractivity contribution in [2.45, 2.75) is 12.8 Å². The Morgan fingerprint density at radius 1 is 1.58 bits per heavy atom. The normalized spacial score (nSPS) is 18.6. The fourth-order valence-corrected chi connectivity index (χ4v) is 3.06. The van der Waals surface area contributed by atoms with Crippen molar-refractivity contribution in [3.63, 3.8) is 0 Å². The first-order chi connectivity index (χ1) is 9.15. The summed E-state index contributed by atoms with van der Waals surface area (Å²) in [5.41, 5.74) is 0.512. The summed E-state index contributed by atoms with van der Waals surface area (Å²) < 4.78 is 4.97. The van der Waals surface area contributed by atoms with E-state index in [4.69, 9.17) is 4.74 Å². The lowest BCUT2D eigenvalue weighted by atomic mass is 10.1. The Morgan fingerprint density at radius 3 is 3.00 bits per heavy atom. The number of ether oxygens (including phenoxy) is 1. The van der Waals surface area contributed by atoms with E-state index in [-0.39, 0.29) is 11.7 Å². The van der Waals surface area contributed by atoms with Crippen LogP contribution >= 0.6 is 15.9 Å². The lowest BCUT2D eigenvalue weighted by Crippen LogP contribution is -2.28. The molecule has 0 spiro atoms. The minimum Gasteiger partial charge on any atom is -0.504 e. The number of aromatic hydroxyl groups is 1. The lowest BCUT2D eigenvalue weighted by molar-refractivity contribution is 0.0786. The molecular weight excluding hydrogens is 310 g/mol. The van der Waals surface area contributed by atoms with Gasteiger partial charge in [-0.1, -0.05) is 15.9 Å². The Morgan fingerprint density at radius 2 is 2.37 bits per heavy atom. The summed E-state index contributed by atoms with van der Waals surface area (Å²) in [6, 6.07) is 4.78. The SMILES string of the molecule is COc1ccc(C(=O)N2CCC(CCBr)C2)cc1O. The molecule has 1 amide bonds. The van der Waals surface area contributed by atoms with Crippen LogP contribution in [0.25, 0.3) is 0 Å². The van der Waals surface area contributed by atoms with Crippen molar-refractivity contribution in [3.8, 4) is 11.5 Å². The Hall–Kier alpha value is -1.23. The number of phenolic OH excluding ortho intramolecular Hbond substituents is 1. The minimum atomic E-state index is -0.0185. The van der Waals surface area contributed by atoms with Crippen LogP contribution in [0.15, 0.2) is 18.2 Å². The number of hydrogen-bond acceptors (Lipinski definition) is 3. The molecule has 104 valence electrons. The number of alkyl halides is 1. The van der Waals surface area contributed by atoms with E-state index < -0.39 is 0 Å². The van der Waals surface area contributed by atoms with Gasteiger partial charge in [0.05, 0.1) is 7.11 Å². The molecule has 4 nitrogen and oxygen atoms in total. The zero-order valence-electron chi connectivity index (χ0n) is 10.9. The number of halogens is 1. The topological polar surface area (TPSA) is 49.8 Å². The molecule has 19 heavy (non-hydrogen) atoms. The van der Waals surface area contributed by atoms with Gasteiger partial charge in [-0.2, -0.15) is 0 Å². The van der Waals surface area contributed by atoms with Crippen molar-refractivity contribution in [2.24, 2.45) is 5.92 Å². The van der Waals surface area contributed by atoms with E-state index in [0.717, 1.165) is 31.3 Å². The molecule has 1 aromatic rings. The van der Waals surface area contributed by atoms with Crippen molar-refractivity contribution < 1.29 is 14.6 Å². The quantitative estimate of drug-likeness (QED) is 0.865. The van der Waals surface area contributed by atoms with Gasteiger partial charge in [0.15, 0.2) is 11.5 Å². The molecule has 0 radical (unpaired) electrons. The predicted molar refractivity (Wildman–Crippen MR) is 77.1 cm³/mol. The van der Waals surface area contributed by atoms with E-state index in [1.165, 1.54) is 13.2 Å². The molecule has 1 atom stereocenters. The second kappa shape index (κ2) is 6.28. The first-order valence-corrected chi connectivity index (χ1v) is 7.50. The number of benzene rings is 1. The summed E-state index contributed by atoms with van der Waals surface area (Å²) in [6.07, 6.45) is 2.15. The average Bonchev–Trinajstić information content (AvgIpc) is 2.87. The van der Waals surface area contributed by atoms with Crippen molar-refractivity contribution in [1.82, 2.24) is 4.90 Å². The molecule has 1 aromatic carbocycles. The molecule has 1 aliphatic rings. The van der Waals surface area contributed by atoms with Gasteiger partial charge >= 0.3 is 0 Å². The molecule has 1 heterocycles. The highest BCUT2D eigenvalue weighted by Crippen LogP contribution is 2.28. The third-order valence-electron chi connectivity index (χ3n) is 3.52. The number of rotatable bonds is 4. The fraction of sp³-hybridized carbons (Fsp3) is 0.500. The average molecular weight is 328 g/mol. The summed E-state index contributed by atoms with van der Waals surface area (Å²) in [6.45, 7) is 1.60. The van der Waals surface area contributed by atoms with Gasteiger partial charge in [-0.25, -0.2) is 0 Å². The second-order valence-electron chi connectivity index (χ2n) is 4.77. The van der Waals surface area contributed by atoms with Crippen LogP contribution in [0.3, 0.4) is 0 Å². The molecule has 1 N–H and O–H groups in total. The second-order valence-corrected chi connectivity index (χ2v) is 5.56. The van der Waals surface area contributed by atoms with Crippen molar-refractivity contribution in [2.75, 3.05) is 25.5 Å². The van der Waals surface area contributed by atoms with E-state index in [1.54, 1.807) is 12.1 Å². The van der Waals surface area contributed by atoms with E-state index in [2.05, 4.69) is 15.9 Å². The molecule has 0 aromatic heterocycles. The molecular formula is C14H18BrNO3. The number of nitrogens with zero attached hydrogens (tertiary/aromatic N) is 1. The molecule has 1 aliphatic heterocycles. The van der Waals surface area contributed by atoms with Gasteiger partial charge in [0.25, 0.3) is 5.91 Å². The smallest absolute Gasteiger partial charge is 0.254 e. The van der Waals surface area contributed by atoms with Crippen LogP contribution in [-0.4, -0.2) is 41.4 Å². The molecule has 1 fully saturated rings. The van der Waals surface area contributed by atoms with E-state index in [1.807, 2.05) is 4.90 Å². The van der Waals surface area contributed by atoms with E-state index in [0.29, 0.717) is 17.2 Å². The number of methoxy groups -OCH3 is 1. The zero-order chi connectivity index (χ0) is 13.8. The molecule has 0 bridgehead atoms. The molecule has 5 heteroatoms. The largest absolute Gasteiger partial charge is 0.504 e. The van der Waals surface area contributed by atoms with Crippen LogP contribution in [-0.2, 0) is 0 Å².